The first-order valence-electron chi connectivity index (χ1n) is 8.10. The maximum Gasteiger partial charge on any atom is 0.226 e. The van der Waals surface area contributed by atoms with Crippen molar-refractivity contribution >= 4 is 15.7 Å². The van der Waals surface area contributed by atoms with E-state index in [0.29, 0.717) is 6.42 Å². The summed E-state index contributed by atoms with van der Waals surface area (Å²) in [6.07, 6.45) is 4.54. The van der Waals surface area contributed by atoms with Gasteiger partial charge in [-0.2, -0.15) is 0 Å². The Morgan fingerprint density at radius 3 is 2.59 bits per heavy atom. The van der Waals surface area contributed by atoms with Crippen LogP contribution in [-0.2, 0) is 21.1 Å². The highest BCUT2D eigenvalue weighted by molar-refractivity contribution is 7.91. The number of carbonyl (C=O) groups is 1. The normalized spacial score (nSPS) is 27.7. The molecule has 2 atom stereocenters. The summed E-state index contributed by atoms with van der Waals surface area (Å²) in [7, 11) is -3.00. The Morgan fingerprint density at radius 2 is 1.91 bits per heavy atom. The molecule has 5 heteroatoms. The molecule has 0 spiro atoms. The highest BCUT2D eigenvalue weighted by atomic mass is 32.2. The lowest BCUT2D eigenvalue weighted by molar-refractivity contribution is -0.138. The first kappa shape index (κ1) is 15.5. The average Bonchev–Trinajstić information content (AvgIpc) is 2.88. The van der Waals surface area contributed by atoms with E-state index in [2.05, 4.69) is 12.1 Å². The Morgan fingerprint density at radius 1 is 1.14 bits per heavy atom. The van der Waals surface area contributed by atoms with E-state index in [0.717, 1.165) is 32.2 Å². The molecule has 4 nitrogen and oxygen atoms in total. The summed E-state index contributed by atoms with van der Waals surface area (Å²) in [4.78, 5) is 14.7. The molecule has 2 fully saturated rings. The Labute approximate surface area is 132 Å². The highest BCUT2D eigenvalue weighted by Crippen LogP contribution is 2.27. The van der Waals surface area contributed by atoms with Gasteiger partial charge in [0.05, 0.1) is 17.4 Å². The first-order valence-corrected chi connectivity index (χ1v) is 9.92. The third kappa shape index (κ3) is 3.51. The molecule has 1 aromatic rings. The maximum absolute atomic E-state index is 12.8. The number of likely N-dealkylation sites (tertiary alicyclic amines) is 1. The molecule has 0 unspecified atom stereocenters. The second-order valence-electron chi connectivity index (χ2n) is 6.47. The predicted octanol–water partition coefficient (Wildman–Crippen LogP) is 2.04. The molecule has 0 N–H and O–H groups in total. The Hall–Kier alpha value is -1.36. The third-order valence-electron chi connectivity index (χ3n) is 4.81. The number of nitrogens with zero attached hydrogens (tertiary/aromatic N) is 1. The van der Waals surface area contributed by atoms with Crippen LogP contribution >= 0.6 is 0 Å². The number of hydrogen-bond acceptors (Lipinski definition) is 3. The average molecular weight is 321 g/mol. The minimum absolute atomic E-state index is 0.0421. The number of piperidine rings is 1. The van der Waals surface area contributed by atoms with Crippen molar-refractivity contribution < 1.29 is 13.2 Å². The van der Waals surface area contributed by atoms with Crippen molar-refractivity contribution in [3.63, 3.8) is 0 Å². The number of benzene rings is 1. The fourth-order valence-corrected chi connectivity index (χ4v) is 5.35. The van der Waals surface area contributed by atoms with Gasteiger partial charge in [-0.25, -0.2) is 8.42 Å². The van der Waals surface area contributed by atoms with Crippen LogP contribution in [0.1, 0.15) is 31.2 Å². The number of rotatable bonds is 3. The van der Waals surface area contributed by atoms with Gasteiger partial charge in [-0.1, -0.05) is 30.3 Å². The van der Waals surface area contributed by atoms with Crippen LogP contribution in [0, 0.1) is 5.92 Å². The molecule has 2 saturated heterocycles. The fraction of sp³-hybridized carbons (Fsp3) is 0.588. The van der Waals surface area contributed by atoms with E-state index in [1.54, 1.807) is 0 Å². The van der Waals surface area contributed by atoms with Crippen LogP contribution in [0.3, 0.4) is 0 Å². The van der Waals surface area contributed by atoms with Gasteiger partial charge in [0.1, 0.15) is 0 Å². The van der Waals surface area contributed by atoms with Crippen molar-refractivity contribution in [2.24, 2.45) is 5.92 Å². The second-order valence-corrected chi connectivity index (χ2v) is 8.70. The Bertz CT molecular complexity index is 627. The topological polar surface area (TPSA) is 54.5 Å². The van der Waals surface area contributed by atoms with Gasteiger partial charge in [0, 0.05) is 12.6 Å². The van der Waals surface area contributed by atoms with E-state index in [-0.39, 0.29) is 29.4 Å². The lowest BCUT2D eigenvalue weighted by Gasteiger charge is -2.37. The van der Waals surface area contributed by atoms with E-state index in [1.807, 2.05) is 23.1 Å². The molecule has 0 saturated carbocycles. The molecular weight excluding hydrogens is 298 g/mol. The van der Waals surface area contributed by atoms with Crippen LogP contribution in [0.4, 0.5) is 0 Å². The minimum atomic E-state index is -3.00. The molecule has 2 aliphatic heterocycles. The van der Waals surface area contributed by atoms with Crippen LogP contribution in [0.5, 0.6) is 0 Å². The molecule has 22 heavy (non-hydrogen) atoms. The highest BCUT2D eigenvalue weighted by Gasteiger charge is 2.38. The zero-order valence-electron chi connectivity index (χ0n) is 12.8. The van der Waals surface area contributed by atoms with Crippen molar-refractivity contribution in [1.29, 1.82) is 0 Å². The molecule has 120 valence electrons. The molecule has 2 heterocycles. The maximum atomic E-state index is 12.8. The van der Waals surface area contributed by atoms with Crippen LogP contribution in [-0.4, -0.2) is 43.3 Å². The molecule has 0 radical (unpaired) electrons. The fourth-order valence-electron chi connectivity index (χ4n) is 3.61. The summed E-state index contributed by atoms with van der Waals surface area (Å²) in [5.41, 5.74) is 1.24. The monoisotopic (exact) mass is 321 g/mol. The van der Waals surface area contributed by atoms with Gasteiger partial charge in [0.25, 0.3) is 0 Å². The van der Waals surface area contributed by atoms with Crippen molar-refractivity contribution in [3.05, 3.63) is 35.9 Å². The van der Waals surface area contributed by atoms with E-state index in [9.17, 15) is 13.2 Å². The number of sulfone groups is 1. The van der Waals surface area contributed by atoms with Gasteiger partial charge in [-0.05, 0) is 37.7 Å². The van der Waals surface area contributed by atoms with E-state index < -0.39 is 9.84 Å². The molecule has 0 bridgehead atoms. The Kier molecular flexibility index (Phi) is 4.52. The van der Waals surface area contributed by atoms with Crippen LogP contribution in [0.25, 0.3) is 0 Å². The van der Waals surface area contributed by atoms with Gasteiger partial charge < -0.3 is 4.90 Å². The van der Waals surface area contributed by atoms with Crippen LogP contribution in [0.15, 0.2) is 30.3 Å². The predicted molar refractivity (Wildman–Crippen MR) is 86.3 cm³/mol. The molecular formula is C17H23NO3S. The van der Waals surface area contributed by atoms with Crippen molar-refractivity contribution in [2.45, 2.75) is 38.1 Å². The van der Waals surface area contributed by atoms with E-state index in [4.69, 9.17) is 0 Å². The molecule has 1 aromatic carbocycles. The summed E-state index contributed by atoms with van der Waals surface area (Å²) >= 11 is 0. The second kappa shape index (κ2) is 6.41. The molecule has 1 amide bonds. The van der Waals surface area contributed by atoms with Crippen molar-refractivity contribution in [3.8, 4) is 0 Å². The number of hydrogen-bond donors (Lipinski definition) is 0. The summed E-state index contributed by atoms with van der Waals surface area (Å²) in [5.74, 6) is -0.0517. The van der Waals surface area contributed by atoms with Crippen molar-refractivity contribution in [2.75, 3.05) is 18.1 Å². The van der Waals surface area contributed by atoms with Crippen molar-refractivity contribution in [1.82, 2.24) is 4.90 Å². The van der Waals surface area contributed by atoms with Crippen LogP contribution in [0.2, 0.25) is 0 Å². The summed E-state index contributed by atoms with van der Waals surface area (Å²) in [6.45, 7) is 0.771. The lowest BCUT2D eigenvalue weighted by Crippen LogP contribution is -2.47. The number of carbonyl (C=O) groups excluding carboxylic acids is 1. The standard InChI is InChI=1S/C17H23NO3S/c19-17(15-9-11-22(20,21)13-15)18-10-5-4-8-16(18)12-14-6-2-1-3-7-14/h1-3,6-7,15-16H,4-5,8-13H2/t15-,16+/m1/s1. The van der Waals surface area contributed by atoms with Gasteiger partial charge in [-0.3, -0.25) is 4.79 Å². The minimum Gasteiger partial charge on any atom is -0.339 e. The zero-order chi connectivity index (χ0) is 15.6. The van der Waals surface area contributed by atoms with Gasteiger partial charge >= 0.3 is 0 Å². The van der Waals surface area contributed by atoms with E-state index in [1.165, 1.54) is 5.56 Å². The van der Waals surface area contributed by atoms with Crippen LogP contribution < -0.4 is 0 Å². The third-order valence-corrected chi connectivity index (χ3v) is 6.57. The smallest absolute Gasteiger partial charge is 0.226 e. The number of amides is 1. The summed E-state index contributed by atoms with van der Waals surface area (Å²) < 4.78 is 23.3. The Balaban J connectivity index is 1.71. The largest absolute Gasteiger partial charge is 0.339 e. The molecule has 3 rings (SSSR count). The van der Waals surface area contributed by atoms with Gasteiger partial charge in [0.2, 0.25) is 5.91 Å². The van der Waals surface area contributed by atoms with Gasteiger partial charge in [0.15, 0.2) is 9.84 Å². The van der Waals surface area contributed by atoms with Gasteiger partial charge in [-0.15, -0.1) is 0 Å². The molecule has 0 aliphatic carbocycles. The SMILES string of the molecule is O=C([C@@H]1CCS(=O)(=O)C1)N1CCCC[C@H]1Cc1ccccc1. The first-order chi connectivity index (χ1) is 10.6. The molecule has 2 aliphatic rings. The van der Waals surface area contributed by atoms with E-state index >= 15 is 0 Å². The summed E-state index contributed by atoms with van der Waals surface area (Å²) in [6, 6.07) is 10.4. The zero-order valence-corrected chi connectivity index (χ0v) is 13.6. The molecule has 0 aromatic heterocycles. The summed E-state index contributed by atoms with van der Waals surface area (Å²) in [5, 5.41) is 0. The quantitative estimate of drug-likeness (QED) is 0.856. The lowest BCUT2D eigenvalue weighted by atomic mass is 9.94.